The minimum Gasteiger partial charge on any atom is -0.465 e. The van der Waals surface area contributed by atoms with Crippen LogP contribution in [-0.2, 0) is 14.3 Å². The average molecular weight is 184 g/mol. The first-order valence-electron chi connectivity index (χ1n) is 4.67. The number of esters is 1. The van der Waals surface area contributed by atoms with Crippen LogP contribution < -0.4 is 0 Å². The summed E-state index contributed by atoms with van der Waals surface area (Å²) in [6, 6.07) is 0. The molecule has 0 aromatic rings. The molecule has 0 radical (unpaired) electrons. The molecule has 0 aromatic heterocycles. The number of hydrogen-bond acceptors (Lipinski definition) is 3. The van der Waals surface area contributed by atoms with E-state index in [1.54, 1.807) is 0 Å². The van der Waals surface area contributed by atoms with E-state index in [-0.39, 0.29) is 11.8 Å². The van der Waals surface area contributed by atoms with E-state index in [2.05, 4.69) is 0 Å². The van der Waals surface area contributed by atoms with Crippen LogP contribution in [0, 0.1) is 11.3 Å². The highest BCUT2D eigenvalue weighted by molar-refractivity contribution is 6.03. The Hall–Kier alpha value is -0.860. The molecule has 13 heavy (non-hydrogen) atoms. The van der Waals surface area contributed by atoms with Crippen molar-refractivity contribution in [2.45, 2.75) is 33.6 Å². The van der Waals surface area contributed by atoms with Crippen molar-refractivity contribution in [3.63, 3.8) is 0 Å². The molecule has 0 aliphatic carbocycles. The van der Waals surface area contributed by atoms with Crippen LogP contribution in [0.4, 0.5) is 0 Å². The minimum absolute atomic E-state index is 0.0521. The number of carbonyl (C=O) groups is 2. The summed E-state index contributed by atoms with van der Waals surface area (Å²) in [5, 5.41) is 0. The molecule has 0 saturated carbocycles. The SMILES string of the molecule is CC(=O)C1(CC(C)C)CCOC1=O. The van der Waals surface area contributed by atoms with Gasteiger partial charge in [0.1, 0.15) is 11.2 Å². The number of ether oxygens (including phenoxy) is 1. The van der Waals surface area contributed by atoms with Crippen LogP contribution in [0.15, 0.2) is 0 Å². The topological polar surface area (TPSA) is 43.4 Å². The summed E-state index contributed by atoms with van der Waals surface area (Å²) >= 11 is 0. The molecule has 3 nitrogen and oxygen atoms in total. The van der Waals surface area contributed by atoms with Gasteiger partial charge in [0.2, 0.25) is 0 Å². The number of hydrogen-bond donors (Lipinski definition) is 0. The molecule has 0 bridgehead atoms. The molecule has 1 aliphatic rings. The summed E-state index contributed by atoms with van der Waals surface area (Å²) < 4.78 is 4.87. The van der Waals surface area contributed by atoms with Crippen molar-refractivity contribution < 1.29 is 14.3 Å². The van der Waals surface area contributed by atoms with Gasteiger partial charge >= 0.3 is 5.97 Å². The van der Waals surface area contributed by atoms with E-state index in [9.17, 15) is 9.59 Å². The van der Waals surface area contributed by atoms with E-state index < -0.39 is 5.41 Å². The lowest BCUT2D eigenvalue weighted by Crippen LogP contribution is -2.35. The van der Waals surface area contributed by atoms with Crippen molar-refractivity contribution in [3.05, 3.63) is 0 Å². The van der Waals surface area contributed by atoms with Crippen molar-refractivity contribution in [2.24, 2.45) is 11.3 Å². The van der Waals surface area contributed by atoms with Crippen molar-refractivity contribution in [2.75, 3.05) is 6.61 Å². The lowest BCUT2D eigenvalue weighted by molar-refractivity contribution is -0.151. The summed E-state index contributed by atoms with van der Waals surface area (Å²) in [5.41, 5.74) is -0.825. The summed E-state index contributed by atoms with van der Waals surface area (Å²) in [5.74, 6) is -0.0352. The Bertz CT molecular complexity index is 232. The standard InChI is InChI=1S/C10H16O3/c1-7(2)6-10(8(3)11)4-5-13-9(10)12/h7H,4-6H2,1-3H3. The van der Waals surface area contributed by atoms with Gasteiger partial charge in [0, 0.05) is 6.42 Å². The molecule has 3 heteroatoms. The highest BCUT2D eigenvalue weighted by Crippen LogP contribution is 2.37. The average Bonchev–Trinajstić information content (AvgIpc) is 2.32. The maximum atomic E-state index is 11.4. The summed E-state index contributed by atoms with van der Waals surface area (Å²) in [4.78, 5) is 22.8. The fourth-order valence-electron chi connectivity index (χ4n) is 1.90. The normalized spacial score (nSPS) is 27.8. The second-order valence-electron chi connectivity index (χ2n) is 4.12. The van der Waals surface area contributed by atoms with Crippen molar-refractivity contribution in [3.8, 4) is 0 Å². The van der Waals surface area contributed by atoms with Gasteiger partial charge in [-0.3, -0.25) is 9.59 Å². The molecular formula is C10H16O3. The third-order valence-electron chi connectivity index (χ3n) is 2.58. The van der Waals surface area contributed by atoms with Gasteiger partial charge in [-0.15, -0.1) is 0 Å². The number of Topliss-reactive ketones (excluding diaryl/α,β-unsaturated/α-hetero) is 1. The van der Waals surface area contributed by atoms with Crippen LogP contribution >= 0.6 is 0 Å². The van der Waals surface area contributed by atoms with E-state index in [0.717, 1.165) is 0 Å². The van der Waals surface area contributed by atoms with Crippen LogP contribution in [0.2, 0.25) is 0 Å². The van der Waals surface area contributed by atoms with Gasteiger partial charge in [0.15, 0.2) is 0 Å². The van der Waals surface area contributed by atoms with Crippen molar-refractivity contribution in [1.29, 1.82) is 0 Å². The fourth-order valence-corrected chi connectivity index (χ4v) is 1.90. The number of cyclic esters (lactones) is 1. The van der Waals surface area contributed by atoms with E-state index >= 15 is 0 Å². The highest BCUT2D eigenvalue weighted by Gasteiger charge is 2.48. The third kappa shape index (κ3) is 1.74. The zero-order chi connectivity index (χ0) is 10.1. The molecule has 0 amide bonds. The van der Waals surface area contributed by atoms with E-state index in [1.165, 1.54) is 6.92 Å². The molecule has 1 aliphatic heterocycles. The highest BCUT2D eigenvalue weighted by atomic mass is 16.5. The van der Waals surface area contributed by atoms with E-state index in [1.807, 2.05) is 13.8 Å². The van der Waals surface area contributed by atoms with Crippen molar-refractivity contribution in [1.82, 2.24) is 0 Å². The minimum atomic E-state index is -0.825. The Morgan fingerprint density at radius 2 is 2.23 bits per heavy atom. The zero-order valence-corrected chi connectivity index (χ0v) is 8.42. The van der Waals surface area contributed by atoms with Gasteiger partial charge in [0.05, 0.1) is 6.61 Å². The lowest BCUT2D eigenvalue weighted by atomic mass is 9.76. The summed E-state index contributed by atoms with van der Waals surface area (Å²) in [6.45, 7) is 5.90. The predicted octanol–water partition coefficient (Wildman–Crippen LogP) is 1.55. The molecule has 1 rings (SSSR count). The number of rotatable bonds is 3. The first kappa shape index (κ1) is 10.2. The second kappa shape index (κ2) is 3.48. The first-order chi connectivity index (χ1) is 5.99. The smallest absolute Gasteiger partial charge is 0.319 e. The lowest BCUT2D eigenvalue weighted by Gasteiger charge is -2.22. The van der Waals surface area contributed by atoms with E-state index in [0.29, 0.717) is 25.4 Å². The first-order valence-corrected chi connectivity index (χ1v) is 4.67. The molecule has 1 heterocycles. The third-order valence-corrected chi connectivity index (χ3v) is 2.58. The molecule has 1 atom stereocenters. The molecule has 0 spiro atoms. The zero-order valence-electron chi connectivity index (χ0n) is 8.42. The molecule has 74 valence electrons. The largest absolute Gasteiger partial charge is 0.465 e. The van der Waals surface area contributed by atoms with Gasteiger partial charge in [-0.2, -0.15) is 0 Å². The number of carbonyl (C=O) groups excluding carboxylic acids is 2. The quantitative estimate of drug-likeness (QED) is 0.493. The van der Waals surface area contributed by atoms with Crippen LogP contribution in [0.1, 0.15) is 33.6 Å². The van der Waals surface area contributed by atoms with Gasteiger partial charge < -0.3 is 4.74 Å². The summed E-state index contributed by atoms with van der Waals surface area (Å²) in [7, 11) is 0. The molecule has 1 unspecified atom stereocenters. The molecule has 0 aromatic carbocycles. The van der Waals surface area contributed by atoms with Gasteiger partial charge in [-0.1, -0.05) is 13.8 Å². The molecule has 1 saturated heterocycles. The Labute approximate surface area is 78.5 Å². The van der Waals surface area contributed by atoms with Gasteiger partial charge in [-0.25, -0.2) is 0 Å². The Morgan fingerprint density at radius 3 is 2.54 bits per heavy atom. The van der Waals surface area contributed by atoms with Gasteiger partial charge in [0.25, 0.3) is 0 Å². The van der Waals surface area contributed by atoms with Gasteiger partial charge in [-0.05, 0) is 19.3 Å². The van der Waals surface area contributed by atoms with Crippen LogP contribution in [0.5, 0.6) is 0 Å². The molecular weight excluding hydrogens is 168 g/mol. The maximum Gasteiger partial charge on any atom is 0.319 e. The maximum absolute atomic E-state index is 11.4. The van der Waals surface area contributed by atoms with Crippen LogP contribution in [-0.4, -0.2) is 18.4 Å². The predicted molar refractivity (Wildman–Crippen MR) is 48.1 cm³/mol. The Kier molecular flexibility index (Phi) is 2.74. The summed E-state index contributed by atoms with van der Waals surface area (Å²) in [6.07, 6.45) is 1.17. The fraction of sp³-hybridized carbons (Fsp3) is 0.800. The monoisotopic (exact) mass is 184 g/mol. The van der Waals surface area contributed by atoms with Crippen LogP contribution in [0.25, 0.3) is 0 Å². The Balaban J connectivity index is 2.87. The number of ketones is 1. The Morgan fingerprint density at radius 1 is 1.62 bits per heavy atom. The van der Waals surface area contributed by atoms with E-state index in [4.69, 9.17) is 4.74 Å². The molecule has 1 fully saturated rings. The second-order valence-corrected chi connectivity index (χ2v) is 4.12. The molecule has 0 N–H and O–H groups in total. The van der Waals surface area contributed by atoms with Crippen molar-refractivity contribution >= 4 is 11.8 Å². The van der Waals surface area contributed by atoms with Crippen LogP contribution in [0.3, 0.4) is 0 Å².